The van der Waals surface area contributed by atoms with Crippen LogP contribution >= 0.6 is 27.3 Å². The Kier molecular flexibility index (Phi) is 4.76. The molecule has 0 radical (unpaired) electrons. The Hall–Kier alpha value is -0.720. The Morgan fingerprint density at radius 2 is 2.16 bits per heavy atom. The Bertz CT molecular complexity index is 530. The number of nitrogens with one attached hydrogen (secondary N) is 1. The predicted molar refractivity (Wildman–Crippen MR) is 81.4 cm³/mol. The summed E-state index contributed by atoms with van der Waals surface area (Å²) in [6.07, 6.45) is 1.80. The van der Waals surface area contributed by atoms with Gasteiger partial charge in [-0.2, -0.15) is 0 Å². The fraction of sp³-hybridized carbons (Fsp3) is 0.538. The molecule has 2 aromatic rings. The van der Waals surface area contributed by atoms with Crippen molar-refractivity contribution in [3.8, 4) is 11.5 Å². The van der Waals surface area contributed by atoms with Crippen LogP contribution in [-0.2, 0) is 6.42 Å². The van der Waals surface area contributed by atoms with Crippen LogP contribution < -0.4 is 5.32 Å². The number of aromatic nitrogens is 2. The Labute approximate surface area is 125 Å². The number of halogens is 1. The standard InChI is InChI=1S/C13H18BrN3OS/c1-13(2,3)15-6-4-5-11-16-17-12(18-11)9-7-10(14)19-8-9/h7-8,15H,4-6H2,1-3H3. The van der Waals surface area contributed by atoms with Gasteiger partial charge in [0.25, 0.3) is 0 Å². The zero-order chi connectivity index (χ0) is 13.9. The van der Waals surface area contributed by atoms with Crippen molar-refractivity contribution in [2.24, 2.45) is 0 Å². The van der Waals surface area contributed by atoms with Gasteiger partial charge in [0, 0.05) is 17.3 Å². The topological polar surface area (TPSA) is 51.0 Å². The maximum Gasteiger partial charge on any atom is 0.248 e. The fourth-order valence-corrected chi connectivity index (χ4v) is 2.73. The summed E-state index contributed by atoms with van der Waals surface area (Å²) in [6, 6.07) is 1.99. The molecule has 0 amide bonds. The van der Waals surface area contributed by atoms with Crippen molar-refractivity contribution < 1.29 is 4.42 Å². The molecular weight excluding hydrogens is 326 g/mol. The molecule has 0 unspecified atom stereocenters. The molecule has 0 aliphatic rings. The second-order valence-electron chi connectivity index (χ2n) is 5.42. The van der Waals surface area contributed by atoms with Crippen LogP contribution in [0, 0.1) is 0 Å². The lowest BCUT2D eigenvalue weighted by Crippen LogP contribution is -2.36. The summed E-state index contributed by atoms with van der Waals surface area (Å²) >= 11 is 5.04. The smallest absolute Gasteiger partial charge is 0.248 e. The summed E-state index contributed by atoms with van der Waals surface area (Å²) in [4.78, 5) is 0. The highest BCUT2D eigenvalue weighted by atomic mass is 79.9. The van der Waals surface area contributed by atoms with Crippen molar-refractivity contribution in [1.29, 1.82) is 0 Å². The number of nitrogens with zero attached hydrogens (tertiary/aromatic N) is 2. The summed E-state index contributed by atoms with van der Waals surface area (Å²) < 4.78 is 6.72. The third-order valence-electron chi connectivity index (χ3n) is 2.50. The molecule has 0 aliphatic heterocycles. The maximum atomic E-state index is 5.65. The molecule has 0 aliphatic carbocycles. The molecule has 6 heteroatoms. The monoisotopic (exact) mass is 343 g/mol. The molecule has 0 spiro atoms. The summed E-state index contributed by atoms with van der Waals surface area (Å²) in [7, 11) is 0. The molecule has 104 valence electrons. The fourth-order valence-electron chi connectivity index (χ4n) is 1.60. The van der Waals surface area contributed by atoms with Crippen LogP contribution in [0.5, 0.6) is 0 Å². The predicted octanol–water partition coefficient (Wildman–Crippen LogP) is 3.88. The first-order chi connectivity index (χ1) is 8.94. The van der Waals surface area contributed by atoms with Crippen LogP contribution in [0.1, 0.15) is 33.1 Å². The van der Waals surface area contributed by atoms with E-state index >= 15 is 0 Å². The summed E-state index contributed by atoms with van der Waals surface area (Å²) in [5, 5.41) is 13.6. The second-order valence-corrected chi connectivity index (χ2v) is 7.71. The minimum absolute atomic E-state index is 0.156. The first-order valence-corrected chi connectivity index (χ1v) is 7.93. The second kappa shape index (κ2) is 6.15. The molecule has 1 N–H and O–H groups in total. The van der Waals surface area contributed by atoms with E-state index in [1.54, 1.807) is 11.3 Å². The molecule has 2 heterocycles. The van der Waals surface area contributed by atoms with Crippen LogP contribution in [0.15, 0.2) is 19.6 Å². The summed E-state index contributed by atoms with van der Waals surface area (Å²) in [5.41, 5.74) is 1.13. The number of rotatable bonds is 5. The largest absolute Gasteiger partial charge is 0.421 e. The van der Waals surface area contributed by atoms with Gasteiger partial charge in [-0.25, -0.2) is 0 Å². The third-order valence-corrected chi connectivity index (χ3v) is 4.01. The van der Waals surface area contributed by atoms with Gasteiger partial charge in [0.15, 0.2) is 0 Å². The van der Waals surface area contributed by atoms with Gasteiger partial charge in [-0.1, -0.05) is 0 Å². The van der Waals surface area contributed by atoms with E-state index in [0.29, 0.717) is 11.8 Å². The minimum atomic E-state index is 0.156. The number of hydrogen-bond donors (Lipinski definition) is 1. The average Bonchev–Trinajstić information content (AvgIpc) is 2.92. The van der Waals surface area contributed by atoms with E-state index in [1.807, 2.05) is 11.4 Å². The van der Waals surface area contributed by atoms with E-state index in [4.69, 9.17) is 4.42 Å². The first-order valence-electron chi connectivity index (χ1n) is 6.26. The molecule has 4 nitrogen and oxygen atoms in total. The highest BCUT2D eigenvalue weighted by Gasteiger charge is 2.11. The van der Waals surface area contributed by atoms with Crippen molar-refractivity contribution in [1.82, 2.24) is 15.5 Å². The molecule has 0 bridgehead atoms. The van der Waals surface area contributed by atoms with Gasteiger partial charge in [0.05, 0.1) is 9.35 Å². The van der Waals surface area contributed by atoms with Gasteiger partial charge < -0.3 is 9.73 Å². The van der Waals surface area contributed by atoms with Gasteiger partial charge in [-0.05, 0) is 55.7 Å². The Morgan fingerprint density at radius 3 is 2.79 bits per heavy atom. The lowest BCUT2D eigenvalue weighted by molar-refractivity contribution is 0.413. The molecule has 0 saturated heterocycles. The van der Waals surface area contributed by atoms with Crippen LogP contribution in [0.2, 0.25) is 0 Å². The molecular formula is C13H18BrN3OS. The van der Waals surface area contributed by atoms with Gasteiger partial charge in [-0.15, -0.1) is 21.5 Å². The van der Waals surface area contributed by atoms with Crippen LogP contribution in [0.3, 0.4) is 0 Å². The number of aryl methyl sites for hydroxylation is 1. The first kappa shape index (κ1) is 14.7. The average molecular weight is 344 g/mol. The normalized spacial score (nSPS) is 12.0. The van der Waals surface area contributed by atoms with E-state index < -0.39 is 0 Å². The van der Waals surface area contributed by atoms with Gasteiger partial charge in [0.2, 0.25) is 11.8 Å². The molecule has 19 heavy (non-hydrogen) atoms. The molecule has 2 aromatic heterocycles. The lowest BCUT2D eigenvalue weighted by atomic mass is 10.1. The van der Waals surface area contributed by atoms with Crippen molar-refractivity contribution in [2.45, 2.75) is 39.2 Å². The molecule has 2 rings (SSSR count). The van der Waals surface area contributed by atoms with Crippen molar-refractivity contribution in [2.75, 3.05) is 6.54 Å². The quantitative estimate of drug-likeness (QED) is 0.837. The van der Waals surface area contributed by atoms with E-state index in [9.17, 15) is 0 Å². The van der Waals surface area contributed by atoms with E-state index in [-0.39, 0.29) is 5.54 Å². The van der Waals surface area contributed by atoms with E-state index in [1.165, 1.54) is 0 Å². The Balaban J connectivity index is 1.85. The van der Waals surface area contributed by atoms with Gasteiger partial charge in [-0.3, -0.25) is 0 Å². The van der Waals surface area contributed by atoms with E-state index in [0.717, 1.165) is 28.7 Å². The van der Waals surface area contributed by atoms with Gasteiger partial charge >= 0.3 is 0 Å². The molecule has 0 aromatic carbocycles. The van der Waals surface area contributed by atoms with Crippen molar-refractivity contribution in [3.05, 3.63) is 21.1 Å². The molecule has 0 saturated carbocycles. The number of hydrogen-bond acceptors (Lipinski definition) is 5. The highest BCUT2D eigenvalue weighted by molar-refractivity contribution is 9.11. The van der Waals surface area contributed by atoms with Crippen molar-refractivity contribution in [3.63, 3.8) is 0 Å². The minimum Gasteiger partial charge on any atom is -0.421 e. The summed E-state index contributed by atoms with van der Waals surface area (Å²) in [6.45, 7) is 7.43. The highest BCUT2D eigenvalue weighted by Crippen LogP contribution is 2.28. The van der Waals surface area contributed by atoms with Gasteiger partial charge in [0.1, 0.15) is 0 Å². The SMILES string of the molecule is CC(C)(C)NCCCc1nnc(-c2csc(Br)c2)o1. The molecule has 0 atom stereocenters. The van der Waals surface area contributed by atoms with Crippen LogP contribution in [0.4, 0.5) is 0 Å². The third kappa shape index (κ3) is 4.71. The zero-order valence-electron chi connectivity index (χ0n) is 11.4. The summed E-state index contributed by atoms with van der Waals surface area (Å²) in [5.74, 6) is 1.30. The molecule has 0 fully saturated rings. The van der Waals surface area contributed by atoms with E-state index in [2.05, 4.69) is 52.2 Å². The van der Waals surface area contributed by atoms with Crippen LogP contribution in [0.25, 0.3) is 11.5 Å². The van der Waals surface area contributed by atoms with Crippen LogP contribution in [-0.4, -0.2) is 22.3 Å². The van der Waals surface area contributed by atoms with Crippen molar-refractivity contribution >= 4 is 27.3 Å². The zero-order valence-corrected chi connectivity index (χ0v) is 13.8. The number of thiophene rings is 1. The lowest BCUT2D eigenvalue weighted by Gasteiger charge is -2.19. The maximum absolute atomic E-state index is 5.65. The Morgan fingerprint density at radius 1 is 1.37 bits per heavy atom.